The Hall–Kier alpha value is -4.50. The van der Waals surface area contributed by atoms with Gasteiger partial charge in [0.1, 0.15) is 23.9 Å². The molecular formula is C24H23F4N8O3+. The molecule has 1 aliphatic rings. The van der Waals surface area contributed by atoms with Crippen LogP contribution in [0.4, 0.5) is 39.7 Å². The number of amides is 2. The number of nitrogen functional groups attached to an aromatic ring is 1. The molecule has 204 valence electrons. The minimum Gasteiger partial charge on any atom is -0.382 e. The van der Waals surface area contributed by atoms with Gasteiger partial charge in [-0.3, -0.25) is 10.2 Å². The van der Waals surface area contributed by atoms with Crippen molar-refractivity contribution in [1.82, 2.24) is 19.5 Å². The number of nitrogens with zero attached hydrogens (tertiary/aromatic N) is 5. The van der Waals surface area contributed by atoms with Crippen LogP contribution in [0.5, 0.6) is 0 Å². The van der Waals surface area contributed by atoms with E-state index in [0.29, 0.717) is 53.3 Å². The van der Waals surface area contributed by atoms with Crippen LogP contribution in [0.3, 0.4) is 0 Å². The zero-order valence-electron chi connectivity index (χ0n) is 20.2. The third-order valence-electron chi connectivity index (χ3n) is 6.18. The Balaban J connectivity index is 1.38. The van der Waals surface area contributed by atoms with Crippen molar-refractivity contribution < 1.29 is 37.0 Å². The molecule has 5 rings (SSSR count). The minimum absolute atomic E-state index is 0.202. The van der Waals surface area contributed by atoms with E-state index < -0.39 is 29.4 Å². The predicted molar refractivity (Wildman–Crippen MR) is 130 cm³/mol. The lowest BCUT2D eigenvalue weighted by Crippen LogP contribution is -2.37. The molecule has 4 aromatic rings. The molecular weight excluding hydrogens is 524 g/mol. The van der Waals surface area contributed by atoms with Crippen molar-refractivity contribution in [2.45, 2.75) is 12.7 Å². The summed E-state index contributed by atoms with van der Waals surface area (Å²) in [5.41, 5.74) is 7.14. The van der Waals surface area contributed by atoms with Crippen molar-refractivity contribution in [3.05, 3.63) is 66.0 Å². The van der Waals surface area contributed by atoms with E-state index in [1.807, 2.05) is 6.07 Å². The van der Waals surface area contributed by atoms with Gasteiger partial charge in [0.2, 0.25) is 0 Å². The van der Waals surface area contributed by atoms with E-state index in [1.54, 1.807) is 10.6 Å². The summed E-state index contributed by atoms with van der Waals surface area (Å²) < 4.78 is 61.3. The highest BCUT2D eigenvalue weighted by Crippen LogP contribution is 2.33. The Morgan fingerprint density at radius 1 is 1.15 bits per heavy atom. The second kappa shape index (κ2) is 10.3. The number of morpholine rings is 1. The number of rotatable bonds is 5. The van der Waals surface area contributed by atoms with Crippen LogP contribution in [0.1, 0.15) is 11.3 Å². The number of aromatic nitrogens is 4. The van der Waals surface area contributed by atoms with E-state index in [9.17, 15) is 23.2 Å². The number of fused-ring (bicyclic) bond motifs is 1. The van der Waals surface area contributed by atoms with Gasteiger partial charge in [-0.1, -0.05) is 10.8 Å². The van der Waals surface area contributed by atoms with E-state index in [4.69, 9.17) is 10.5 Å². The highest BCUT2D eigenvalue weighted by atomic mass is 19.4. The summed E-state index contributed by atoms with van der Waals surface area (Å²) in [4.78, 5) is 18.6. The van der Waals surface area contributed by atoms with E-state index in [-0.39, 0.29) is 11.5 Å². The number of hydrogen-bond donors (Lipinski definition) is 4. The molecule has 1 aliphatic heterocycles. The first kappa shape index (κ1) is 26.1. The normalized spacial score (nSPS) is 14.5. The quantitative estimate of drug-likeness (QED) is 0.171. The van der Waals surface area contributed by atoms with Crippen LogP contribution < -0.4 is 21.1 Å². The second-order valence-corrected chi connectivity index (χ2v) is 8.76. The number of nitrogens with one attached hydrogen (secondary N) is 2. The van der Waals surface area contributed by atoms with Gasteiger partial charge in [0, 0.05) is 31.3 Å². The second-order valence-electron chi connectivity index (χ2n) is 8.76. The molecule has 15 heteroatoms. The molecule has 0 radical (unpaired) electrons. The fourth-order valence-electron chi connectivity index (χ4n) is 4.27. The summed E-state index contributed by atoms with van der Waals surface area (Å²) in [5.74, 6) is -1.18. The molecule has 0 atom stereocenters. The molecule has 39 heavy (non-hydrogen) atoms. The number of carbonyl (C=O) groups is 1. The van der Waals surface area contributed by atoms with Gasteiger partial charge >= 0.3 is 18.0 Å². The van der Waals surface area contributed by atoms with Crippen LogP contribution >= 0.6 is 0 Å². The van der Waals surface area contributed by atoms with Gasteiger partial charge in [-0.2, -0.15) is 23.6 Å². The lowest BCUT2D eigenvalue weighted by atomic mass is 10.1. The van der Waals surface area contributed by atoms with Crippen molar-refractivity contribution in [2.75, 3.05) is 42.7 Å². The number of hydrogen-bond acceptors (Lipinski definition) is 7. The maximum Gasteiger partial charge on any atom is 0.416 e. The van der Waals surface area contributed by atoms with Gasteiger partial charge in [0.25, 0.3) is 0 Å². The van der Waals surface area contributed by atoms with Gasteiger partial charge in [-0.25, -0.2) is 18.7 Å². The van der Waals surface area contributed by atoms with Gasteiger partial charge in [0.05, 0.1) is 30.2 Å². The average molecular weight is 547 g/mol. The maximum absolute atomic E-state index is 15.1. The summed E-state index contributed by atoms with van der Waals surface area (Å²) in [7, 11) is 0. The number of anilines is 3. The molecule has 0 saturated carbocycles. The fraction of sp³-hybridized carbons (Fsp3) is 0.250. The van der Waals surface area contributed by atoms with E-state index in [0.717, 1.165) is 25.0 Å². The smallest absolute Gasteiger partial charge is 0.382 e. The summed E-state index contributed by atoms with van der Waals surface area (Å²) in [6.07, 6.45) is -2.64. The van der Waals surface area contributed by atoms with E-state index in [2.05, 4.69) is 25.6 Å². The Kier molecular flexibility index (Phi) is 6.93. The summed E-state index contributed by atoms with van der Waals surface area (Å²) in [6.45, 7) is 3.29. The number of pyridine rings is 1. The number of halogens is 4. The topological polar surface area (TPSA) is 134 Å². The largest absolute Gasteiger partial charge is 0.416 e. The first-order valence-corrected chi connectivity index (χ1v) is 11.7. The van der Waals surface area contributed by atoms with E-state index in [1.165, 1.54) is 18.5 Å². The Morgan fingerprint density at radius 3 is 2.64 bits per heavy atom. The lowest BCUT2D eigenvalue weighted by molar-refractivity contribution is -0.893. The van der Waals surface area contributed by atoms with Crippen LogP contribution in [-0.2, 0) is 17.5 Å². The predicted octanol–water partition coefficient (Wildman–Crippen LogP) is 3.14. The first-order chi connectivity index (χ1) is 18.6. The molecule has 3 aromatic heterocycles. The molecule has 0 unspecified atom stereocenters. The van der Waals surface area contributed by atoms with E-state index >= 15 is 4.39 Å². The molecule has 1 saturated heterocycles. The number of carbonyl (C=O) groups excluding carboxylic acids is 1. The molecule has 1 fully saturated rings. The fourth-order valence-corrected chi connectivity index (χ4v) is 4.27. The molecule has 1 aromatic carbocycles. The third kappa shape index (κ3) is 5.53. The lowest BCUT2D eigenvalue weighted by Gasteiger charge is -2.26. The van der Waals surface area contributed by atoms with Crippen LogP contribution in [-0.4, -0.2) is 57.0 Å². The monoisotopic (exact) mass is 547 g/mol. The van der Waals surface area contributed by atoms with Gasteiger partial charge in [-0.05, 0) is 29.8 Å². The summed E-state index contributed by atoms with van der Waals surface area (Å²) >= 11 is 0. The Bertz CT molecular complexity index is 1540. The highest BCUT2D eigenvalue weighted by molar-refractivity contribution is 5.99. The maximum atomic E-state index is 15.1. The number of alkyl halides is 3. The molecule has 4 heterocycles. The van der Waals surface area contributed by atoms with Gasteiger partial charge < -0.3 is 15.7 Å². The molecule has 11 nitrogen and oxygen atoms in total. The summed E-state index contributed by atoms with van der Waals surface area (Å²) in [6, 6.07) is 5.99. The number of ether oxygens (including phenoxy) is 1. The van der Waals surface area contributed by atoms with Crippen LogP contribution in [0, 0.1) is 5.82 Å². The molecule has 0 aliphatic carbocycles. The number of benzene rings is 1. The SMILES string of the molecule is Nc1ncnn2c(CN3CCOCC3)cc(-c3ccc(NC(=O)Nc4cc(C(F)(F)F)cc[n+]4O)c(F)c3)c12. The minimum atomic E-state index is -4.69. The van der Waals surface area contributed by atoms with Crippen molar-refractivity contribution in [2.24, 2.45) is 0 Å². The first-order valence-electron chi connectivity index (χ1n) is 11.7. The number of nitrogens with two attached hydrogens (primary N) is 1. The highest BCUT2D eigenvalue weighted by Gasteiger charge is 2.33. The van der Waals surface area contributed by atoms with Crippen molar-refractivity contribution in [3.63, 3.8) is 0 Å². The molecule has 0 spiro atoms. The Labute approximate surface area is 218 Å². The number of urea groups is 1. The summed E-state index contributed by atoms with van der Waals surface area (Å²) in [5, 5.41) is 18.4. The third-order valence-corrected chi connectivity index (χ3v) is 6.18. The average Bonchev–Trinajstić information content (AvgIpc) is 3.26. The van der Waals surface area contributed by atoms with Crippen LogP contribution in [0.15, 0.2) is 48.9 Å². The Morgan fingerprint density at radius 2 is 1.92 bits per heavy atom. The standard InChI is InChI=1S/C24H22F4N8O3/c25-18-9-14(1-2-19(18)32-23(37)33-20-10-15(24(26,27)28)3-4-35(20)38)17-11-16(12-34-5-7-39-8-6-34)36-21(17)22(29)30-13-31-36/h1-4,9-11,13,38H,5-8,12H2,(H3,29,30,31,32,37)/p+1. The molecule has 2 amide bonds. The van der Waals surface area contributed by atoms with Gasteiger partial charge in [0.15, 0.2) is 5.82 Å². The zero-order valence-corrected chi connectivity index (χ0v) is 20.2. The van der Waals surface area contributed by atoms with Crippen LogP contribution in [0.2, 0.25) is 0 Å². The van der Waals surface area contributed by atoms with Crippen LogP contribution in [0.25, 0.3) is 16.6 Å². The van der Waals surface area contributed by atoms with Crippen molar-refractivity contribution in [3.8, 4) is 11.1 Å². The van der Waals surface area contributed by atoms with Crippen molar-refractivity contribution >= 4 is 28.9 Å². The molecule has 5 N–H and O–H groups in total. The zero-order chi connectivity index (χ0) is 27.7. The van der Waals surface area contributed by atoms with Gasteiger partial charge in [-0.15, -0.1) is 0 Å². The molecule has 0 bridgehead atoms. The van der Waals surface area contributed by atoms with Crippen molar-refractivity contribution in [1.29, 1.82) is 0 Å².